The third-order valence-corrected chi connectivity index (χ3v) is 7.74. The Labute approximate surface area is 272 Å². The second kappa shape index (κ2) is 35.1. The molecule has 0 aliphatic heterocycles. The van der Waals surface area contributed by atoms with Crippen LogP contribution in [0.3, 0.4) is 0 Å². The van der Waals surface area contributed by atoms with Crippen LogP contribution in [0.4, 0.5) is 0 Å². The van der Waals surface area contributed by atoms with E-state index in [2.05, 4.69) is 74.6 Å². The molecular weight excluding hydrogens is 544 g/mol. The van der Waals surface area contributed by atoms with Crippen LogP contribution >= 0.6 is 0 Å². The lowest BCUT2D eigenvalue weighted by Crippen LogP contribution is -2.21. The van der Waals surface area contributed by atoms with Crippen molar-refractivity contribution in [1.82, 2.24) is 0 Å². The highest BCUT2D eigenvalue weighted by Gasteiger charge is 2.17. The predicted molar refractivity (Wildman–Crippen MR) is 190 cm³/mol. The molecule has 0 spiro atoms. The summed E-state index contributed by atoms with van der Waals surface area (Å²) in [6.07, 6.45) is 48.1. The normalized spacial score (nSPS) is 13.0. The van der Waals surface area contributed by atoms with E-state index in [0.29, 0.717) is 12.8 Å². The summed E-state index contributed by atoms with van der Waals surface area (Å²) in [5, 5.41) is 9.23. The Morgan fingerprint density at radius 3 is 1.48 bits per heavy atom. The van der Waals surface area contributed by atoms with Crippen LogP contribution in [-0.2, 0) is 14.3 Å². The zero-order chi connectivity index (χ0) is 32.2. The number of hydrogen-bond acceptors (Lipinski definition) is 3. The molecule has 4 heteroatoms. The third kappa shape index (κ3) is 34.1. The van der Waals surface area contributed by atoms with Gasteiger partial charge in [0.25, 0.3) is 0 Å². The molecule has 0 fully saturated rings. The first-order valence-corrected chi connectivity index (χ1v) is 18.3. The molecule has 1 N–H and O–H groups in total. The quantitative estimate of drug-likeness (QED) is 0.0466. The summed E-state index contributed by atoms with van der Waals surface area (Å²) in [4.78, 5) is 23.5. The predicted octanol–water partition coefficient (Wildman–Crippen LogP) is 12.6. The SMILES string of the molecule is CC/C=C\C/C=C\C/C=C\C/C=C\C/C=C\CCCCCCCC(=O)OC(CCCCCCCCCCCCC)CC(=O)O. The summed E-state index contributed by atoms with van der Waals surface area (Å²) in [5.41, 5.74) is 0. The van der Waals surface area contributed by atoms with E-state index in [9.17, 15) is 14.7 Å². The van der Waals surface area contributed by atoms with Gasteiger partial charge in [-0.3, -0.25) is 9.59 Å². The van der Waals surface area contributed by atoms with Gasteiger partial charge in [0.2, 0.25) is 0 Å². The smallest absolute Gasteiger partial charge is 0.307 e. The number of rotatable bonds is 32. The van der Waals surface area contributed by atoms with Crippen molar-refractivity contribution >= 4 is 11.9 Å². The van der Waals surface area contributed by atoms with Crippen LogP contribution in [0.2, 0.25) is 0 Å². The molecule has 0 aliphatic carbocycles. The molecule has 0 aromatic carbocycles. The molecule has 0 bridgehead atoms. The Morgan fingerprint density at radius 1 is 0.545 bits per heavy atom. The van der Waals surface area contributed by atoms with Crippen molar-refractivity contribution in [3.05, 3.63) is 60.8 Å². The maximum absolute atomic E-state index is 12.3. The lowest BCUT2D eigenvalue weighted by molar-refractivity contribution is -0.153. The van der Waals surface area contributed by atoms with Crippen LogP contribution in [-0.4, -0.2) is 23.1 Å². The minimum atomic E-state index is -0.890. The number of aliphatic carboxylic acids is 1. The minimum Gasteiger partial charge on any atom is -0.481 e. The van der Waals surface area contributed by atoms with Crippen LogP contribution in [0.15, 0.2) is 60.8 Å². The fraction of sp³-hybridized carbons (Fsp3) is 0.700. The first kappa shape index (κ1) is 41.6. The van der Waals surface area contributed by atoms with Crippen molar-refractivity contribution in [2.45, 2.75) is 180 Å². The van der Waals surface area contributed by atoms with Gasteiger partial charge in [-0.2, -0.15) is 0 Å². The second-order valence-corrected chi connectivity index (χ2v) is 12.0. The number of carbonyl (C=O) groups is 2. The van der Waals surface area contributed by atoms with Crippen molar-refractivity contribution in [2.75, 3.05) is 0 Å². The van der Waals surface area contributed by atoms with E-state index in [0.717, 1.165) is 70.6 Å². The zero-order valence-electron chi connectivity index (χ0n) is 28.7. The first-order chi connectivity index (χ1) is 21.6. The molecule has 1 unspecified atom stereocenters. The van der Waals surface area contributed by atoms with Crippen molar-refractivity contribution in [2.24, 2.45) is 0 Å². The van der Waals surface area contributed by atoms with Gasteiger partial charge in [0.1, 0.15) is 6.10 Å². The maximum Gasteiger partial charge on any atom is 0.307 e. The largest absolute Gasteiger partial charge is 0.481 e. The molecule has 0 radical (unpaired) electrons. The Balaban J connectivity index is 3.73. The first-order valence-electron chi connectivity index (χ1n) is 18.3. The van der Waals surface area contributed by atoms with Crippen molar-refractivity contribution in [1.29, 1.82) is 0 Å². The van der Waals surface area contributed by atoms with Gasteiger partial charge in [-0.1, -0.05) is 158 Å². The summed E-state index contributed by atoms with van der Waals surface area (Å²) >= 11 is 0. The van der Waals surface area contributed by atoms with Gasteiger partial charge in [0.15, 0.2) is 0 Å². The van der Waals surface area contributed by atoms with Crippen molar-refractivity contribution < 1.29 is 19.4 Å². The van der Waals surface area contributed by atoms with Gasteiger partial charge in [0.05, 0.1) is 6.42 Å². The lowest BCUT2D eigenvalue weighted by atomic mass is 10.0. The fourth-order valence-corrected chi connectivity index (χ4v) is 5.11. The van der Waals surface area contributed by atoms with E-state index in [1.807, 2.05) is 0 Å². The van der Waals surface area contributed by atoms with Gasteiger partial charge in [-0.05, 0) is 64.2 Å². The van der Waals surface area contributed by atoms with Crippen molar-refractivity contribution in [3.63, 3.8) is 0 Å². The molecule has 0 saturated heterocycles. The average Bonchev–Trinajstić information content (AvgIpc) is 3.00. The summed E-state index contributed by atoms with van der Waals surface area (Å²) < 4.78 is 5.55. The van der Waals surface area contributed by atoms with Crippen LogP contribution in [0.25, 0.3) is 0 Å². The van der Waals surface area contributed by atoms with E-state index in [-0.39, 0.29) is 12.4 Å². The van der Waals surface area contributed by atoms with E-state index < -0.39 is 12.1 Å². The molecule has 0 saturated carbocycles. The minimum absolute atomic E-state index is 0.0840. The third-order valence-electron chi connectivity index (χ3n) is 7.74. The molecule has 0 heterocycles. The molecular formula is C40H68O4. The van der Waals surface area contributed by atoms with Gasteiger partial charge >= 0.3 is 11.9 Å². The number of carboxylic acid groups (broad SMARTS) is 1. The van der Waals surface area contributed by atoms with Crippen LogP contribution < -0.4 is 0 Å². The highest BCUT2D eigenvalue weighted by atomic mass is 16.5. The highest BCUT2D eigenvalue weighted by Crippen LogP contribution is 2.16. The summed E-state index contributed by atoms with van der Waals surface area (Å²) in [6.45, 7) is 4.41. The number of allylic oxidation sites excluding steroid dienone is 10. The average molecular weight is 613 g/mol. The number of carboxylic acids is 1. The zero-order valence-corrected chi connectivity index (χ0v) is 28.7. The molecule has 4 nitrogen and oxygen atoms in total. The Morgan fingerprint density at radius 2 is 0.977 bits per heavy atom. The molecule has 0 aromatic heterocycles. The van der Waals surface area contributed by atoms with Gasteiger partial charge < -0.3 is 9.84 Å². The molecule has 1 atom stereocenters. The summed E-state index contributed by atoms with van der Waals surface area (Å²) in [5.74, 6) is -1.13. The fourth-order valence-electron chi connectivity index (χ4n) is 5.11. The number of unbranched alkanes of at least 4 members (excludes halogenated alkanes) is 15. The second-order valence-electron chi connectivity index (χ2n) is 12.0. The monoisotopic (exact) mass is 613 g/mol. The van der Waals surface area contributed by atoms with Crippen LogP contribution in [0.1, 0.15) is 174 Å². The Hall–Kier alpha value is -2.36. The van der Waals surface area contributed by atoms with Gasteiger partial charge in [-0.25, -0.2) is 0 Å². The molecule has 0 aliphatic rings. The number of carbonyl (C=O) groups excluding carboxylic acids is 1. The Bertz CT molecular complexity index is 789. The standard InChI is InChI=1S/C40H68O4/c1-3-5-7-9-11-13-15-16-17-18-19-20-21-22-23-24-26-28-30-32-34-36-40(43)44-38(37-39(41)42)35-33-31-29-27-25-14-12-10-8-6-4-2/h5,7,11,13,16-17,19-20,22-23,38H,3-4,6,8-10,12,14-15,18,21,24-37H2,1-2H3,(H,41,42)/b7-5-,13-11-,17-16-,20-19-,23-22-. The van der Waals surface area contributed by atoms with E-state index >= 15 is 0 Å². The summed E-state index contributed by atoms with van der Waals surface area (Å²) in [7, 11) is 0. The molecule has 0 aromatic rings. The van der Waals surface area contributed by atoms with Crippen molar-refractivity contribution in [3.8, 4) is 0 Å². The number of ether oxygens (including phenoxy) is 1. The van der Waals surface area contributed by atoms with Crippen LogP contribution in [0, 0.1) is 0 Å². The lowest BCUT2D eigenvalue weighted by Gasteiger charge is -2.16. The van der Waals surface area contributed by atoms with Gasteiger partial charge in [0, 0.05) is 6.42 Å². The van der Waals surface area contributed by atoms with Gasteiger partial charge in [-0.15, -0.1) is 0 Å². The summed E-state index contributed by atoms with van der Waals surface area (Å²) in [6, 6.07) is 0. The molecule has 0 amide bonds. The van der Waals surface area contributed by atoms with E-state index in [4.69, 9.17) is 4.74 Å². The van der Waals surface area contributed by atoms with E-state index in [1.54, 1.807) is 0 Å². The molecule has 0 rings (SSSR count). The highest BCUT2D eigenvalue weighted by molar-refractivity contribution is 5.71. The topological polar surface area (TPSA) is 63.6 Å². The van der Waals surface area contributed by atoms with E-state index in [1.165, 1.54) is 70.6 Å². The maximum atomic E-state index is 12.3. The number of esters is 1. The Kier molecular flexibility index (Phi) is 33.2. The molecule has 44 heavy (non-hydrogen) atoms. The number of hydrogen-bond donors (Lipinski definition) is 1. The van der Waals surface area contributed by atoms with Crippen LogP contribution in [0.5, 0.6) is 0 Å². The molecule has 252 valence electrons.